The topological polar surface area (TPSA) is 67.2 Å². The van der Waals surface area contributed by atoms with E-state index < -0.39 is 0 Å². The van der Waals surface area contributed by atoms with Crippen LogP contribution in [-0.4, -0.2) is 39.6 Å². The number of amides is 2. The highest BCUT2D eigenvalue weighted by Crippen LogP contribution is 2.27. The van der Waals surface area contributed by atoms with Crippen LogP contribution in [0.1, 0.15) is 97.2 Å². The number of carbonyl (C=O) groups excluding carboxylic acids is 2. The van der Waals surface area contributed by atoms with E-state index in [1.165, 1.54) is 25.7 Å². The number of nitrogens with one attached hydrogen (secondary N) is 1. The van der Waals surface area contributed by atoms with Gasteiger partial charge in [-0.15, -0.1) is 0 Å². The molecule has 0 spiro atoms. The predicted molar refractivity (Wildman–Crippen MR) is 140 cm³/mol. The van der Waals surface area contributed by atoms with E-state index >= 15 is 0 Å². The van der Waals surface area contributed by atoms with Gasteiger partial charge in [-0.05, 0) is 31.4 Å². The summed E-state index contributed by atoms with van der Waals surface area (Å²) in [7, 11) is 0. The molecule has 34 heavy (non-hydrogen) atoms. The number of para-hydroxylation sites is 1. The van der Waals surface area contributed by atoms with Gasteiger partial charge in [0.25, 0.3) is 0 Å². The molecule has 0 saturated carbocycles. The molecule has 1 aromatic carbocycles. The zero-order valence-electron chi connectivity index (χ0n) is 22.1. The Bertz CT molecular complexity index is 927. The van der Waals surface area contributed by atoms with Crippen molar-refractivity contribution in [3.8, 4) is 5.69 Å². The van der Waals surface area contributed by atoms with Crippen molar-refractivity contribution < 1.29 is 9.59 Å². The second kappa shape index (κ2) is 13.3. The molecule has 0 unspecified atom stereocenters. The Morgan fingerprint density at radius 2 is 1.68 bits per heavy atom. The zero-order chi connectivity index (χ0) is 25.1. The number of carbonyl (C=O) groups is 2. The summed E-state index contributed by atoms with van der Waals surface area (Å²) in [4.78, 5) is 27.5. The predicted octanol–water partition coefficient (Wildman–Crippen LogP) is 6.41. The molecule has 188 valence electrons. The van der Waals surface area contributed by atoms with Gasteiger partial charge in [-0.25, -0.2) is 4.68 Å². The molecule has 0 radical (unpaired) electrons. The van der Waals surface area contributed by atoms with E-state index in [2.05, 4.69) is 33.0 Å². The van der Waals surface area contributed by atoms with E-state index in [4.69, 9.17) is 5.10 Å². The summed E-state index contributed by atoms with van der Waals surface area (Å²) in [5.74, 6) is 0.499. The fourth-order valence-corrected chi connectivity index (χ4v) is 3.95. The van der Waals surface area contributed by atoms with Crippen LogP contribution in [0.2, 0.25) is 0 Å². The molecule has 0 fully saturated rings. The Balaban J connectivity index is 2.10. The minimum Gasteiger partial charge on any atom is -0.333 e. The third-order valence-corrected chi connectivity index (χ3v) is 6.01. The van der Waals surface area contributed by atoms with Crippen molar-refractivity contribution in [1.29, 1.82) is 0 Å². The van der Waals surface area contributed by atoms with Crippen LogP contribution >= 0.6 is 0 Å². The van der Waals surface area contributed by atoms with Crippen molar-refractivity contribution >= 4 is 17.6 Å². The number of nitrogens with zero attached hydrogens (tertiary/aromatic N) is 3. The van der Waals surface area contributed by atoms with Gasteiger partial charge in [0.2, 0.25) is 11.8 Å². The standard InChI is InChI=1S/C28H44N4O2/c1-7-9-10-11-12-13-18-27(34)31(19-8-2)21-26(33)29-25-20-24(28(4,5)6)30-32(25)23-17-15-14-16-22(23)3/h14-17,20H,7-13,18-19,21H2,1-6H3,(H,29,33). The Labute approximate surface area is 206 Å². The van der Waals surface area contributed by atoms with Crippen molar-refractivity contribution in [1.82, 2.24) is 14.7 Å². The summed E-state index contributed by atoms with van der Waals surface area (Å²) in [6.45, 7) is 13.2. The Kier molecular flexibility index (Phi) is 10.8. The number of unbranched alkanes of at least 4 members (excludes halogenated alkanes) is 5. The van der Waals surface area contributed by atoms with Crippen LogP contribution in [0.15, 0.2) is 30.3 Å². The molecule has 2 aromatic rings. The van der Waals surface area contributed by atoms with Crippen LogP contribution < -0.4 is 5.32 Å². The fraction of sp³-hybridized carbons (Fsp3) is 0.607. The van der Waals surface area contributed by atoms with Crippen molar-refractivity contribution in [2.24, 2.45) is 0 Å². The largest absolute Gasteiger partial charge is 0.333 e. The van der Waals surface area contributed by atoms with Gasteiger partial charge in [0.1, 0.15) is 5.82 Å². The molecule has 6 nitrogen and oxygen atoms in total. The summed E-state index contributed by atoms with van der Waals surface area (Å²) >= 11 is 0. The average molecular weight is 469 g/mol. The third kappa shape index (κ3) is 8.30. The number of aromatic nitrogens is 2. The molecule has 0 bridgehead atoms. The first-order valence-electron chi connectivity index (χ1n) is 12.9. The van der Waals surface area contributed by atoms with E-state index in [0.29, 0.717) is 18.8 Å². The SMILES string of the molecule is CCCCCCCCC(=O)N(CCC)CC(=O)Nc1cc(C(C)(C)C)nn1-c1ccccc1C. The van der Waals surface area contributed by atoms with Gasteiger partial charge >= 0.3 is 0 Å². The van der Waals surface area contributed by atoms with Crippen LogP contribution in [0, 0.1) is 6.92 Å². The molecular weight excluding hydrogens is 424 g/mol. The van der Waals surface area contributed by atoms with Crippen molar-refractivity contribution in [2.45, 2.75) is 98.3 Å². The monoisotopic (exact) mass is 468 g/mol. The smallest absolute Gasteiger partial charge is 0.245 e. The number of aryl methyl sites for hydroxylation is 1. The lowest BCUT2D eigenvalue weighted by Gasteiger charge is -2.22. The third-order valence-electron chi connectivity index (χ3n) is 6.01. The highest BCUT2D eigenvalue weighted by molar-refractivity contribution is 5.94. The minimum atomic E-state index is -0.195. The van der Waals surface area contributed by atoms with Gasteiger partial charge in [-0.3, -0.25) is 9.59 Å². The van der Waals surface area contributed by atoms with Crippen LogP contribution in [0.25, 0.3) is 5.69 Å². The van der Waals surface area contributed by atoms with Crippen molar-refractivity contribution in [3.63, 3.8) is 0 Å². The molecule has 1 aromatic heterocycles. The summed E-state index contributed by atoms with van der Waals surface area (Å²) in [6, 6.07) is 9.92. The van der Waals surface area contributed by atoms with Crippen LogP contribution in [0.5, 0.6) is 0 Å². The van der Waals surface area contributed by atoms with Gasteiger partial charge in [-0.1, -0.05) is 84.9 Å². The Hall–Kier alpha value is -2.63. The highest BCUT2D eigenvalue weighted by atomic mass is 16.2. The highest BCUT2D eigenvalue weighted by Gasteiger charge is 2.23. The summed E-state index contributed by atoms with van der Waals surface area (Å²) in [5.41, 5.74) is 2.74. The first-order valence-corrected chi connectivity index (χ1v) is 12.9. The molecule has 0 aliphatic rings. The first-order chi connectivity index (χ1) is 16.2. The van der Waals surface area contributed by atoms with Gasteiger partial charge in [-0.2, -0.15) is 5.10 Å². The second-order valence-corrected chi connectivity index (χ2v) is 10.2. The zero-order valence-corrected chi connectivity index (χ0v) is 22.1. The lowest BCUT2D eigenvalue weighted by Crippen LogP contribution is -2.38. The number of anilines is 1. The minimum absolute atomic E-state index is 0.0618. The second-order valence-electron chi connectivity index (χ2n) is 10.2. The Morgan fingerprint density at radius 1 is 1.00 bits per heavy atom. The van der Waals surface area contributed by atoms with Crippen molar-refractivity contribution in [2.75, 3.05) is 18.4 Å². The first kappa shape index (κ1) is 27.6. The number of benzene rings is 1. The van der Waals surface area contributed by atoms with E-state index in [9.17, 15) is 9.59 Å². The Morgan fingerprint density at radius 3 is 2.32 bits per heavy atom. The maximum Gasteiger partial charge on any atom is 0.245 e. The number of rotatable bonds is 13. The fourth-order valence-electron chi connectivity index (χ4n) is 3.95. The number of hydrogen-bond acceptors (Lipinski definition) is 3. The maximum absolute atomic E-state index is 13.0. The average Bonchev–Trinajstić information content (AvgIpc) is 3.20. The maximum atomic E-state index is 13.0. The number of hydrogen-bond donors (Lipinski definition) is 1. The van der Waals surface area contributed by atoms with Gasteiger partial charge in [0, 0.05) is 24.4 Å². The molecule has 0 aliphatic heterocycles. The van der Waals surface area contributed by atoms with Crippen LogP contribution in [0.3, 0.4) is 0 Å². The molecule has 0 saturated heterocycles. The normalized spacial score (nSPS) is 11.5. The molecular formula is C28H44N4O2. The molecule has 2 rings (SSSR count). The summed E-state index contributed by atoms with van der Waals surface area (Å²) < 4.78 is 1.80. The van der Waals surface area contributed by atoms with E-state index in [1.54, 1.807) is 9.58 Å². The lowest BCUT2D eigenvalue weighted by atomic mass is 9.92. The van der Waals surface area contributed by atoms with Gasteiger partial charge in [0.15, 0.2) is 0 Å². The van der Waals surface area contributed by atoms with E-state index in [1.807, 2.05) is 44.2 Å². The molecule has 1 heterocycles. The summed E-state index contributed by atoms with van der Waals surface area (Å²) in [6.07, 6.45) is 8.18. The van der Waals surface area contributed by atoms with E-state index in [-0.39, 0.29) is 23.8 Å². The molecule has 0 atom stereocenters. The summed E-state index contributed by atoms with van der Waals surface area (Å²) in [5, 5.41) is 7.84. The molecule has 6 heteroatoms. The molecule has 1 N–H and O–H groups in total. The van der Waals surface area contributed by atoms with E-state index in [0.717, 1.165) is 36.2 Å². The quantitative estimate of drug-likeness (QED) is 0.346. The van der Waals surface area contributed by atoms with Crippen molar-refractivity contribution in [3.05, 3.63) is 41.6 Å². The lowest BCUT2D eigenvalue weighted by molar-refractivity contribution is -0.134. The molecule has 2 amide bonds. The van der Waals surface area contributed by atoms with Gasteiger partial charge < -0.3 is 10.2 Å². The van der Waals surface area contributed by atoms with Crippen LogP contribution in [-0.2, 0) is 15.0 Å². The van der Waals surface area contributed by atoms with Gasteiger partial charge in [0.05, 0.1) is 17.9 Å². The molecule has 0 aliphatic carbocycles. The van der Waals surface area contributed by atoms with Crippen LogP contribution in [0.4, 0.5) is 5.82 Å².